The Morgan fingerprint density at radius 1 is 1.21 bits per heavy atom. The number of imide groups is 1. The van der Waals surface area contributed by atoms with Crippen LogP contribution >= 0.6 is 0 Å². The summed E-state index contributed by atoms with van der Waals surface area (Å²) in [6.45, 7) is 1.97. The molecule has 3 heterocycles. The number of carbonyl (C=O) groups excluding carboxylic acids is 3. The molecule has 1 saturated carbocycles. The number of likely N-dealkylation sites (tertiary alicyclic amines) is 1. The number of hydrogen-bond acceptors (Lipinski definition) is 7. The highest BCUT2D eigenvalue weighted by Crippen LogP contribution is 2.33. The molecule has 0 unspecified atom stereocenters. The highest BCUT2D eigenvalue weighted by Gasteiger charge is 2.55. The number of pyridine rings is 1. The van der Waals surface area contributed by atoms with Crippen LogP contribution in [0, 0.1) is 11.8 Å². The van der Waals surface area contributed by atoms with Crippen molar-refractivity contribution in [1.29, 1.82) is 0 Å². The minimum atomic E-state index is -0.944. The van der Waals surface area contributed by atoms with E-state index in [1.165, 1.54) is 23.8 Å². The lowest BCUT2D eigenvalue weighted by Gasteiger charge is -2.46. The summed E-state index contributed by atoms with van der Waals surface area (Å²) < 4.78 is 0. The molecule has 0 spiro atoms. The number of nitrogen functional groups attached to an aromatic ring is 1. The van der Waals surface area contributed by atoms with Crippen molar-refractivity contribution >= 4 is 29.5 Å². The highest BCUT2D eigenvalue weighted by atomic mass is 16.2. The monoisotopic (exact) mass is 465 g/mol. The molecule has 0 bridgehead atoms. The van der Waals surface area contributed by atoms with Crippen LogP contribution in [-0.4, -0.2) is 56.8 Å². The Labute approximate surface area is 199 Å². The van der Waals surface area contributed by atoms with E-state index in [2.05, 4.69) is 20.3 Å². The van der Waals surface area contributed by atoms with Gasteiger partial charge in [-0.25, -0.2) is 19.7 Å². The van der Waals surface area contributed by atoms with Gasteiger partial charge in [0.1, 0.15) is 24.0 Å². The summed E-state index contributed by atoms with van der Waals surface area (Å²) >= 11 is 0. The van der Waals surface area contributed by atoms with Gasteiger partial charge in [0.15, 0.2) is 0 Å². The molecule has 3 atom stereocenters. The second kappa shape index (κ2) is 10.1. The average molecular weight is 466 g/mol. The van der Waals surface area contributed by atoms with Gasteiger partial charge >= 0.3 is 6.03 Å². The van der Waals surface area contributed by atoms with Crippen molar-refractivity contribution in [1.82, 2.24) is 25.2 Å². The standard InChI is InChI=1S/C24H31N7O3/c1-15(17-6-4-3-5-7-17)29-24(34)31-21(23(33)30(2)20-9-10-26-14-28-20)18(22(31)32)12-16-8-11-27-19(25)13-16/h8-11,13-15,17-18,21H,3-7,12H2,1-2H3,(H2,25,27)(H,29,34)/t15-,18-,21+/m1/s1. The molecule has 2 aromatic rings. The number of aromatic nitrogens is 3. The number of nitrogens with zero attached hydrogens (tertiary/aromatic N) is 5. The van der Waals surface area contributed by atoms with Crippen molar-refractivity contribution in [2.24, 2.45) is 11.8 Å². The van der Waals surface area contributed by atoms with E-state index in [0.717, 1.165) is 36.1 Å². The number of rotatable bonds is 6. The number of urea groups is 1. The van der Waals surface area contributed by atoms with Gasteiger partial charge in [0.25, 0.3) is 5.91 Å². The number of likely N-dealkylation sites (N-methyl/N-ethyl adjacent to an activating group) is 1. The molecule has 34 heavy (non-hydrogen) atoms. The average Bonchev–Trinajstić information content (AvgIpc) is 2.85. The molecule has 0 radical (unpaired) electrons. The second-order valence-electron chi connectivity index (χ2n) is 9.15. The van der Waals surface area contributed by atoms with E-state index in [1.54, 1.807) is 31.4 Å². The third-order valence-corrected chi connectivity index (χ3v) is 6.94. The molecule has 2 aliphatic rings. The van der Waals surface area contributed by atoms with E-state index >= 15 is 0 Å². The normalized spacial score (nSPS) is 21.5. The van der Waals surface area contributed by atoms with Gasteiger partial charge in [0.2, 0.25) is 5.91 Å². The molecule has 10 heteroatoms. The van der Waals surface area contributed by atoms with Crippen LogP contribution in [0.4, 0.5) is 16.4 Å². The third kappa shape index (κ3) is 4.85. The topological polar surface area (TPSA) is 134 Å². The SMILES string of the molecule is C[C@@H](NC(=O)N1C(=O)[C@H](Cc2ccnc(N)c2)[C@H]1C(=O)N(C)c1ccncn1)C1CCCCC1. The molecule has 4 rings (SSSR count). The van der Waals surface area contributed by atoms with Crippen LogP contribution in [0.1, 0.15) is 44.6 Å². The lowest BCUT2D eigenvalue weighted by atomic mass is 9.81. The maximum Gasteiger partial charge on any atom is 0.325 e. The fourth-order valence-electron chi connectivity index (χ4n) is 4.94. The molecule has 1 aliphatic heterocycles. The maximum absolute atomic E-state index is 13.5. The van der Waals surface area contributed by atoms with E-state index in [-0.39, 0.29) is 24.3 Å². The molecule has 4 amide bonds. The van der Waals surface area contributed by atoms with Crippen molar-refractivity contribution in [3.63, 3.8) is 0 Å². The quantitative estimate of drug-likeness (QED) is 0.624. The van der Waals surface area contributed by atoms with Gasteiger partial charge in [0.05, 0.1) is 5.92 Å². The fourth-order valence-corrected chi connectivity index (χ4v) is 4.94. The zero-order valence-electron chi connectivity index (χ0n) is 19.6. The number of hydrogen-bond donors (Lipinski definition) is 2. The van der Waals surface area contributed by atoms with E-state index in [4.69, 9.17) is 5.73 Å². The minimum Gasteiger partial charge on any atom is -0.384 e. The van der Waals surface area contributed by atoms with Crippen molar-refractivity contribution < 1.29 is 14.4 Å². The highest BCUT2D eigenvalue weighted by molar-refractivity contribution is 6.12. The Morgan fingerprint density at radius 2 is 1.97 bits per heavy atom. The summed E-state index contributed by atoms with van der Waals surface area (Å²) in [7, 11) is 1.58. The smallest absolute Gasteiger partial charge is 0.325 e. The first-order valence-electron chi connectivity index (χ1n) is 11.7. The lowest BCUT2D eigenvalue weighted by molar-refractivity contribution is -0.156. The Bertz CT molecular complexity index is 1040. The first kappa shape index (κ1) is 23.6. The van der Waals surface area contributed by atoms with Gasteiger partial charge in [0, 0.05) is 25.5 Å². The van der Waals surface area contributed by atoms with E-state index in [9.17, 15) is 14.4 Å². The number of nitrogens with two attached hydrogens (primary N) is 1. The van der Waals surface area contributed by atoms with Crippen LogP contribution in [0.2, 0.25) is 0 Å². The van der Waals surface area contributed by atoms with Gasteiger partial charge in [-0.1, -0.05) is 19.3 Å². The summed E-state index contributed by atoms with van der Waals surface area (Å²) in [5.41, 5.74) is 6.57. The Kier molecular flexibility index (Phi) is 7.04. The zero-order valence-corrected chi connectivity index (χ0v) is 19.6. The molecule has 2 fully saturated rings. The van der Waals surface area contributed by atoms with Crippen LogP contribution in [0.3, 0.4) is 0 Å². The van der Waals surface area contributed by atoms with Crippen LogP contribution in [-0.2, 0) is 16.0 Å². The summed E-state index contributed by atoms with van der Waals surface area (Å²) in [6.07, 6.45) is 10.3. The Balaban J connectivity index is 1.54. The number of anilines is 2. The van der Waals surface area contributed by atoms with E-state index in [1.807, 2.05) is 6.92 Å². The lowest BCUT2D eigenvalue weighted by Crippen LogP contribution is -2.71. The van der Waals surface area contributed by atoms with Gasteiger partial charge in [-0.05, 0) is 55.9 Å². The molecular weight excluding hydrogens is 434 g/mol. The maximum atomic E-state index is 13.5. The Hall–Kier alpha value is -3.56. The first-order chi connectivity index (χ1) is 16.4. The van der Waals surface area contributed by atoms with Crippen LogP contribution in [0.25, 0.3) is 0 Å². The Morgan fingerprint density at radius 3 is 2.65 bits per heavy atom. The number of nitrogens with one attached hydrogen (secondary N) is 1. The predicted octanol–water partition coefficient (Wildman–Crippen LogP) is 2.16. The number of β-lactam (4-membered cyclic amide) rings is 1. The predicted molar refractivity (Wildman–Crippen MR) is 126 cm³/mol. The van der Waals surface area contributed by atoms with Crippen LogP contribution in [0.15, 0.2) is 36.9 Å². The van der Waals surface area contributed by atoms with Gasteiger partial charge in [-0.2, -0.15) is 0 Å². The number of carbonyl (C=O) groups is 3. The first-order valence-corrected chi connectivity index (χ1v) is 11.7. The largest absolute Gasteiger partial charge is 0.384 e. The molecule has 180 valence electrons. The molecular formula is C24H31N7O3. The van der Waals surface area contributed by atoms with Gasteiger partial charge in [-0.3, -0.25) is 19.4 Å². The molecule has 3 N–H and O–H groups in total. The zero-order chi connectivity index (χ0) is 24.2. The van der Waals surface area contributed by atoms with Crippen molar-refractivity contribution in [2.45, 2.75) is 57.5 Å². The second-order valence-corrected chi connectivity index (χ2v) is 9.15. The summed E-state index contributed by atoms with van der Waals surface area (Å²) in [5.74, 6) is -0.343. The van der Waals surface area contributed by atoms with E-state index in [0.29, 0.717) is 17.6 Å². The van der Waals surface area contributed by atoms with Crippen molar-refractivity contribution in [3.8, 4) is 0 Å². The van der Waals surface area contributed by atoms with Crippen molar-refractivity contribution in [2.75, 3.05) is 17.7 Å². The summed E-state index contributed by atoms with van der Waals surface area (Å²) in [5, 5.41) is 2.98. The molecule has 2 aromatic heterocycles. The van der Waals surface area contributed by atoms with Crippen molar-refractivity contribution in [3.05, 3.63) is 42.5 Å². The molecule has 1 saturated heterocycles. The van der Waals surface area contributed by atoms with Crippen LogP contribution in [0.5, 0.6) is 0 Å². The van der Waals surface area contributed by atoms with Gasteiger partial charge < -0.3 is 11.1 Å². The third-order valence-electron chi connectivity index (χ3n) is 6.94. The van der Waals surface area contributed by atoms with Crippen LogP contribution < -0.4 is 16.0 Å². The minimum absolute atomic E-state index is 0.0741. The van der Waals surface area contributed by atoms with Gasteiger partial charge in [-0.15, -0.1) is 0 Å². The number of amides is 4. The summed E-state index contributed by atoms with van der Waals surface area (Å²) in [6, 6.07) is 3.50. The van der Waals surface area contributed by atoms with E-state index < -0.39 is 18.0 Å². The summed E-state index contributed by atoms with van der Waals surface area (Å²) in [4.78, 5) is 54.2. The molecule has 10 nitrogen and oxygen atoms in total. The molecule has 1 aliphatic carbocycles. The molecule has 0 aromatic carbocycles. The fraction of sp³-hybridized carbons (Fsp3) is 0.500.